The van der Waals surface area contributed by atoms with E-state index in [1.165, 1.54) is 4.68 Å². The van der Waals surface area contributed by atoms with Crippen LogP contribution < -0.4 is 0 Å². The van der Waals surface area contributed by atoms with Crippen molar-refractivity contribution < 1.29 is 4.39 Å². The molecule has 0 fully saturated rings. The van der Waals surface area contributed by atoms with Crippen molar-refractivity contribution in [1.82, 2.24) is 15.0 Å². The lowest BCUT2D eigenvalue weighted by Crippen LogP contribution is -2.04. The van der Waals surface area contributed by atoms with Gasteiger partial charge in [0.1, 0.15) is 6.20 Å². The smallest absolute Gasteiger partial charge is 0.215 e. The Bertz CT molecular complexity index is 383. The molecule has 0 bridgehead atoms. The predicted octanol–water partition coefficient (Wildman–Crippen LogP) is 1.47. The largest absolute Gasteiger partial charge is 0.231 e. The summed E-state index contributed by atoms with van der Waals surface area (Å²) >= 11 is 0. The standard InChI is InChI=1S/C9H8FN3/c10-9-6-11-12-13(9)7-8-4-2-1-3-5-8/h1-6H,7H2. The Morgan fingerprint density at radius 2 is 2.00 bits per heavy atom. The molecule has 1 aromatic carbocycles. The average Bonchev–Trinajstić information content (AvgIpc) is 2.54. The molecule has 2 rings (SSSR count). The van der Waals surface area contributed by atoms with Crippen molar-refractivity contribution in [2.75, 3.05) is 0 Å². The number of nitrogens with zero attached hydrogens (tertiary/aromatic N) is 3. The topological polar surface area (TPSA) is 30.7 Å². The molecule has 3 nitrogen and oxygen atoms in total. The van der Waals surface area contributed by atoms with E-state index in [-0.39, 0.29) is 0 Å². The van der Waals surface area contributed by atoms with Crippen LogP contribution in [0.5, 0.6) is 0 Å². The van der Waals surface area contributed by atoms with Crippen molar-refractivity contribution in [3.05, 3.63) is 48.0 Å². The molecular formula is C9H8FN3. The summed E-state index contributed by atoms with van der Waals surface area (Å²) in [5.74, 6) is -0.413. The Labute approximate surface area is 74.8 Å². The molecule has 2 aromatic rings. The average molecular weight is 177 g/mol. The van der Waals surface area contributed by atoms with Crippen molar-refractivity contribution in [2.24, 2.45) is 0 Å². The summed E-state index contributed by atoms with van der Waals surface area (Å²) in [6.45, 7) is 0.423. The minimum atomic E-state index is -0.413. The van der Waals surface area contributed by atoms with Crippen LogP contribution in [-0.2, 0) is 6.54 Å². The van der Waals surface area contributed by atoms with Gasteiger partial charge in [0.05, 0.1) is 6.54 Å². The van der Waals surface area contributed by atoms with Crippen molar-refractivity contribution in [1.29, 1.82) is 0 Å². The molecule has 0 amide bonds. The van der Waals surface area contributed by atoms with E-state index in [0.717, 1.165) is 11.8 Å². The van der Waals surface area contributed by atoms with Crippen LogP contribution in [0.25, 0.3) is 0 Å². The van der Waals surface area contributed by atoms with Gasteiger partial charge in [0.25, 0.3) is 0 Å². The summed E-state index contributed by atoms with van der Waals surface area (Å²) in [4.78, 5) is 0. The van der Waals surface area contributed by atoms with Gasteiger partial charge in [0.2, 0.25) is 5.95 Å². The van der Waals surface area contributed by atoms with Crippen LogP contribution in [0.2, 0.25) is 0 Å². The second kappa shape index (κ2) is 3.35. The van der Waals surface area contributed by atoms with Crippen LogP contribution in [0.1, 0.15) is 5.56 Å². The van der Waals surface area contributed by atoms with E-state index in [1.54, 1.807) is 0 Å². The minimum Gasteiger partial charge on any atom is -0.215 e. The van der Waals surface area contributed by atoms with Gasteiger partial charge in [-0.3, -0.25) is 0 Å². The summed E-state index contributed by atoms with van der Waals surface area (Å²) in [6.07, 6.45) is 1.10. The van der Waals surface area contributed by atoms with Gasteiger partial charge in [-0.05, 0) is 5.56 Å². The maximum atomic E-state index is 12.9. The Morgan fingerprint density at radius 1 is 1.23 bits per heavy atom. The third-order valence-corrected chi connectivity index (χ3v) is 1.75. The van der Waals surface area contributed by atoms with Crippen molar-refractivity contribution in [3.8, 4) is 0 Å². The van der Waals surface area contributed by atoms with Gasteiger partial charge >= 0.3 is 0 Å². The zero-order valence-corrected chi connectivity index (χ0v) is 6.89. The van der Waals surface area contributed by atoms with E-state index < -0.39 is 5.95 Å². The van der Waals surface area contributed by atoms with E-state index in [1.807, 2.05) is 30.3 Å². The lowest BCUT2D eigenvalue weighted by atomic mass is 10.2. The molecule has 0 saturated carbocycles. The first-order valence-corrected chi connectivity index (χ1v) is 3.94. The Morgan fingerprint density at radius 3 is 2.62 bits per heavy atom. The molecule has 1 heterocycles. The van der Waals surface area contributed by atoms with E-state index >= 15 is 0 Å². The maximum absolute atomic E-state index is 12.9. The van der Waals surface area contributed by atoms with Crippen LogP contribution in [0, 0.1) is 5.95 Å². The summed E-state index contributed by atoms with van der Waals surface area (Å²) in [5, 5.41) is 7.06. The summed E-state index contributed by atoms with van der Waals surface area (Å²) in [7, 11) is 0. The van der Waals surface area contributed by atoms with Gasteiger partial charge in [0, 0.05) is 0 Å². The van der Waals surface area contributed by atoms with Gasteiger partial charge < -0.3 is 0 Å². The lowest BCUT2D eigenvalue weighted by Gasteiger charge is -1.99. The Hall–Kier alpha value is -1.71. The number of rotatable bonds is 2. The lowest BCUT2D eigenvalue weighted by molar-refractivity contribution is 0.476. The van der Waals surface area contributed by atoms with Crippen LogP contribution in [0.15, 0.2) is 36.5 Å². The van der Waals surface area contributed by atoms with Gasteiger partial charge in [0.15, 0.2) is 0 Å². The number of aromatic nitrogens is 3. The molecule has 0 saturated heterocycles. The highest BCUT2D eigenvalue weighted by Crippen LogP contribution is 2.02. The molecule has 0 atom stereocenters. The molecule has 0 spiro atoms. The summed E-state index contributed by atoms with van der Waals surface area (Å²) in [6, 6.07) is 9.57. The number of halogens is 1. The van der Waals surface area contributed by atoms with E-state index in [4.69, 9.17) is 0 Å². The summed E-state index contributed by atoms with van der Waals surface area (Å²) in [5.41, 5.74) is 1.01. The first kappa shape index (κ1) is 7.91. The fraction of sp³-hybridized carbons (Fsp3) is 0.111. The fourth-order valence-corrected chi connectivity index (χ4v) is 1.11. The SMILES string of the molecule is Fc1cnnn1Cc1ccccc1. The van der Waals surface area contributed by atoms with Gasteiger partial charge in [-0.1, -0.05) is 35.5 Å². The first-order valence-electron chi connectivity index (χ1n) is 3.94. The molecular weight excluding hydrogens is 169 g/mol. The Kier molecular flexibility index (Phi) is 2.04. The molecule has 0 aliphatic rings. The molecule has 1 aromatic heterocycles. The predicted molar refractivity (Wildman–Crippen MR) is 45.5 cm³/mol. The minimum absolute atomic E-state index is 0.413. The highest BCUT2D eigenvalue weighted by Gasteiger charge is 2.01. The third kappa shape index (κ3) is 1.72. The molecule has 0 aliphatic heterocycles. The van der Waals surface area contributed by atoms with Crippen molar-refractivity contribution in [2.45, 2.75) is 6.54 Å². The fourth-order valence-electron chi connectivity index (χ4n) is 1.11. The second-order valence-corrected chi connectivity index (χ2v) is 2.70. The van der Waals surface area contributed by atoms with Gasteiger partial charge in [-0.15, -0.1) is 5.10 Å². The molecule has 0 aliphatic carbocycles. The van der Waals surface area contributed by atoms with Crippen molar-refractivity contribution >= 4 is 0 Å². The summed E-state index contributed by atoms with van der Waals surface area (Å²) < 4.78 is 14.1. The molecule has 0 unspecified atom stereocenters. The second-order valence-electron chi connectivity index (χ2n) is 2.70. The van der Waals surface area contributed by atoms with Crippen LogP contribution in [-0.4, -0.2) is 15.0 Å². The van der Waals surface area contributed by atoms with Crippen molar-refractivity contribution in [3.63, 3.8) is 0 Å². The zero-order valence-electron chi connectivity index (χ0n) is 6.89. The Balaban J connectivity index is 2.20. The first-order chi connectivity index (χ1) is 6.36. The molecule has 4 heteroatoms. The zero-order chi connectivity index (χ0) is 9.10. The van der Waals surface area contributed by atoms with E-state index in [0.29, 0.717) is 6.54 Å². The molecule has 66 valence electrons. The maximum Gasteiger partial charge on any atom is 0.231 e. The third-order valence-electron chi connectivity index (χ3n) is 1.75. The quantitative estimate of drug-likeness (QED) is 0.695. The highest BCUT2D eigenvalue weighted by atomic mass is 19.1. The molecule has 0 N–H and O–H groups in total. The monoisotopic (exact) mass is 177 g/mol. The molecule has 13 heavy (non-hydrogen) atoms. The van der Waals surface area contributed by atoms with E-state index in [2.05, 4.69) is 10.3 Å². The number of hydrogen-bond acceptors (Lipinski definition) is 2. The van der Waals surface area contributed by atoms with Gasteiger partial charge in [-0.2, -0.15) is 4.39 Å². The normalized spacial score (nSPS) is 10.2. The van der Waals surface area contributed by atoms with Crippen LogP contribution >= 0.6 is 0 Å². The van der Waals surface area contributed by atoms with Gasteiger partial charge in [-0.25, -0.2) is 4.68 Å². The van der Waals surface area contributed by atoms with E-state index in [9.17, 15) is 4.39 Å². The number of benzene rings is 1. The van der Waals surface area contributed by atoms with Crippen LogP contribution in [0.4, 0.5) is 4.39 Å². The number of hydrogen-bond donors (Lipinski definition) is 0. The van der Waals surface area contributed by atoms with Crippen LogP contribution in [0.3, 0.4) is 0 Å². The highest BCUT2D eigenvalue weighted by molar-refractivity contribution is 5.14. The molecule has 0 radical (unpaired) electrons.